The van der Waals surface area contributed by atoms with Crippen molar-refractivity contribution >= 4 is 12.1 Å². The first kappa shape index (κ1) is 16.1. The fourth-order valence-electron chi connectivity index (χ4n) is 3.02. The molecule has 6 nitrogen and oxygen atoms in total. The average molecular weight is 298 g/mol. The molecule has 2 rings (SSSR count). The SMILES string of the molecule is CN(C1CCC1)C1(CC(=O)O)CN(C(=O)OC(C)(C)C)C1. The molecular formula is C15H26N2O4. The van der Waals surface area contributed by atoms with Crippen molar-refractivity contribution in [1.29, 1.82) is 0 Å². The van der Waals surface area contributed by atoms with Crippen LogP contribution in [0.3, 0.4) is 0 Å². The van der Waals surface area contributed by atoms with Crippen LogP contribution < -0.4 is 0 Å². The van der Waals surface area contributed by atoms with Gasteiger partial charge in [-0.25, -0.2) is 4.79 Å². The molecule has 2 aliphatic rings. The molecule has 120 valence electrons. The molecule has 6 heteroatoms. The van der Waals surface area contributed by atoms with Crippen molar-refractivity contribution in [1.82, 2.24) is 9.80 Å². The molecule has 1 N–H and O–H groups in total. The van der Waals surface area contributed by atoms with E-state index in [0.717, 1.165) is 12.8 Å². The zero-order valence-electron chi connectivity index (χ0n) is 13.4. The summed E-state index contributed by atoms with van der Waals surface area (Å²) in [7, 11) is 1.99. The largest absolute Gasteiger partial charge is 0.481 e. The zero-order valence-corrected chi connectivity index (χ0v) is 13.4. The second-order valence-corrected chi connectivity index (χ2v) is 7.33. The highest BCUT2D eigenvalue weighted by molar-refractivity contribution is 5.73. The predicted octanol–water partition coefficient (Wildman–Crippen LogP) is 1.93. The number of rotatable bonds is 4. The molecule has 0 atom stereocenters. The summed E-state index contributed by atoms with van der Waals surface area (Å²) in [6.07, 6.45) is 3.15. The lowest BCUT2D eigenvalue weighted by Gasteiger charge is -2.57. The van der Waals surface area contributed by atoms with E-state index in [-0.39, 0.29) is 12.5 Å². The lowest BCUT2D eigenvalue weighted by Crippen LogP contribution is -2.73. The molecule has 0 radical (unpaired) electrons. The number of carbonyl (C=O) groups excluding carboxylic acids is 1. The van der Waals surface area contributed by atoms with Gasteiger partial charge in [-0.15, -0.1) is 0 Å². The van der Waals surface area contributed by atoms with E-state index < -0.39 is 17.1 Å². The van der Waals surface area contributed by atoms with Crippen molar-refractivity contribution in [2.45, 2.75) is 63.6 Å². The van der Waals surface area contributed by atoms with Gasteiger partial charge in [0.25, 0.3) is 0 Å². The summed E-state index contributed by atoms with van der Waals surface area (Å²) in [5, 5.41) is 9.19. The van der Waals surface area contributed by atoms with Crippen LogP contribution in [0.4, 0.5) is 4.79 Å². The standard InChI is InChI=1S/C15H26N2O4/c1-14(2,3)21-13(20)17-9-15(10-17,8-12(18)19)16(4)11-6-5-7-11/h11H,5-10H2,1-4H3,(H,18,19). The molecule has 1 saturated carbocycles. The monoisotopic (exact) mass is 298 g/mol. The Kier molecular flexibility index (Phi) is 4.19. The van der Waals surface area contributed by atoms with E-state index in [9.17, 15) is 14.7 Å². The summed E-state index contributed by atoms with van der Waals surface area (Å²) in [5.41, 5.74) is -0.962. The predicted molar refractivity (Wildman–Crippen MR) is 78.2 cm³/mol. The molecule has 2 fully saturated rings. The maximum atomic E-state index is 12.0. The molecular weight excluding hydrogens is 272 g/mol. The second-order valence-electron chi connectivity index (χ2n) is 7.33. The molecule has 21 heavy (non-hydrogen) atoms. The van der Waals surface area contributed by atoms with Gasteiger partial charge >= 0.3 is 12.1 Å². The van der Waals surface area contributed by atoms with E-state index in [0.29, 0.717) is 19.1 Å². The lowest BCUT2D eigenvalue weighted by molar-refractivity contribution is -0.147. The summed E-state index contributed by atoms with van der Waals surface area (Å²) in [6, 6.07) is 0.449. The van der Waals surface area contributed by atoms with Crippen molar-refractivity contribution in [2.24, 2.45) is 0 Å². The van der Waals surface area contributed by atoms with Gasteiger partial charge in [0, 0.05) is 19.1 Å². The minimum atomic E-state index is -0.815. The number of carboxylic acid groups (broad SMARTS) is 1. The smallest absolute Gasteiger partial charge is 0.410 e. The van der Waals surface area contributed by atoms with Gasteiger partial charge in [-0.2, -0.15) is 0 Å². The number of carbonyl (C=O) groups is 2. The van der Waals surface area contributed by atoms with Gasteiger partial charge in [0.05, 0.1) is 12.0 Å². The molecule has 0 aromatic carbocycles. The van der Waals surface area contributed by atoms with E-state index in [4.69, 9.17) is 4.74 Å². The van der Waals surface area contributed by atoms with Gasteiger partial charge in [0.15, 0.2) is 0 Å². The Morgan fingerprint density at radius 1 is 1.33 bits per heavy atom. The molecule has 0 bridgehead atoms. The number of likely N-dealkylation sites (N-methyl/N-ethyl adjacent to an activating group) is 1. The molecule has 1 aliphatic heterocycles. The van der Waals surface area contributed by atoms with Crippen LogP contribution in [-0.4, -0.2) is 64.3 Å². The van der Waals surface area contributed by atoms with Gasteiger partial charge in [-0.3, -0.25) is 9.69 Å². The summed E-state index contributed by atoms with van der Waals surface area (Å²) >= 11 is 0. The zero-order chi connectivity index (χ0) is 15.8. The van der Waals surface area contributed by atoms with Crippen LogP contribution in [-0.2, 0) is 9.53 Å². The van der Waals surface area contributed by atoms with Crippen LogP contribution in [0.25, 0.3) is 0 Å². The quantitative estimate of drug-likeness (QED) is 0.859. The molecule has 0 aromatic rings. The van der Waals surface area contributed by atoms with Crippen molar-refractivity contribution < 1.29 is 19.4 Å². The summed E-state index contributed by atoms with van der Waals surface area (Å²) < 4.78 is 5.34. The molecule has 0 spiro atoms. The Labute approximate surface area is 126 Å². The molecule has 0 unspecified atom stereocenters. The maximum absolute atomic E-state index is 12.0. The average Bonchev–Trinajstić information content (AvgIpc) is 2.16. The number of aliphatic carboxylic acids is 1. The summed E-state index contributed by atoms with van der Waals surface area (Å²) in [4.78, 5) is 27.0. The first-order chi connectivity index (χ1) is 9.63. The van der Waals surface area contributed by atoms with Crippen LogP contribution in [0.5, 0.6) is 0 Å². The number of likely N-dealkylation sites (tertiary alicyclic amines) is 1. The number of carboxylic acids is 1. The summed E-state index contributed by atoms with van der Waals surface area (Å²) in [5.74, 6) is -0.815. The van der Waals surface area contributed by atoms with Crippen molar-refractivity contribution in [3.8, 4) is 0 Å². The van der Waals surface area contributed by atoms with Gasteiger partial charge < -0.3 is 14.7 Å². The third-order valence-corrected chi connectivity index (χ3v) is 4.47. The first-order valence-electron chi connectivity index (χ1n) is 7.56. The highest BCUT2D eigenvalue weighted by Gasteiger charge is 2.52. The van der Waals surface area contributed by atoms with Crippen LogP contribution >= 0.6 is 0 Å². The number of hydrogen-bond donors (Lipinski definition) is 1. The van der Waals surface area contributed by atoms with Crippen molar-refractivity contribution in [3.63, 3.8) is 0 Å². The van der Waals surface area contributed by atoms with Crippen molar-refractivity contribution in [3.05, 3.63) is 0 Å². The third-order valence-electron chi connectivity index (χ3n) is 4.47. The molecule has 0 aromatic heterocycles. The Morgan fingerprint density at radius 3 is 2.29 bits per heavy atom. The highest BCUT2D eigenvalue weighted by Crippen LogP contribution is 2.37. The van der Waals surface area contributed by atoms with Crippen LogP contribution in [0.1, 0.15) is 46.5 Å². The Bertz CT molecular complexity index is 420. The normalized spacial score (nSPS) is 21.7. The van der Waals surface area contributed by atoms with Crippen molar-refractivity contribution in [2.75, 3.05) is 20.1 Å². The van der Waals surface area contributed by atoms with Crippen LogP contribution in [0, 0.1) is 0 Å². The topological polar surface area (TPSA) is 70.1 Å². The van der Waals surface area contributed by atoms with Crippen LogP contribution in [0.15, 0.2) is 0 Å². The number of nitrogens with zero attached hydrogens (tertiary/aromatic N) is 2. The van der Waals surface area contributed by atoms with E-state index in [1.807, 2.05) is 27.8 Å². The number of ether oxygens (including phenoxy) is 1. The van der Waals surface area contributed by atoms with E-state index in [2.05, 4.69) is 4.90 Å². The first-order valence-corrected chi connectivity index (χ1v) is 7.56. The van der Waals surface area contributed by atoms with Gasteiger partial charge in [-0.1, -0.05) is 6.42 Å². The maximum Gasteiger partial charge on any atom is 0.410 e. The Hall–Kier alpha value is -1.30. The summed E-state index contributed by atoms with van der Waals surface area (Å²) in [6.45, 7) is 6.35. The molecule has 1 aliphatic carbocycles. The van der Waals surface area contributed by atoms with E-state index in [1.165, 1.54) is 6.42 Å². The van der Waals surface area contributed by atoms with E-state index in [1.54, 1.807) is 4.90 Å². The minimum absolute atomic E-state index is 0.0687. The molecule has 1 saturated heterocycles. The molecule has 1 heterocycles. The lowest BCUT2D eigenvalue weighted by atomic mass is 9.80. The van der Waals surface area contributed by atoms with Gasteiger partial charge in [0.1, 0.15) is 5.60 Å². The Balaban J connectivity index is 1.98. The van der Waals surface area contributed by atoms with Gasteiger partial charge in [0.2, 0.25) is 0 Å². The second kappa shape index (κ2) is 5.48. The van der Waals surface area contributed by atoms with Gasteiger partial charge in [-0.05, 0) is 40.7 Å². The third kappa shape index (κ3) is 3.48. The van der Waals surface area contributed by atoms with Crippen LogP contribution in [0.2, 0.25) is 0 Å². The fourth-order valence-corrected chi connectivity index (χ4v) is 3.02. The van der Waals surface area contributed by atoms with E-state index >= 15 is 0 Å². The fraction of sp³-hybridized carbons (Fsp3) is 0.867. The number of hydrogen-bond acceptors (Lipinski definition) is 4. The minimum Gasteiger partial charge on any atom is -0.481 e. The number of amides is 1. The Morgan fingerprint density at radius 2 is 1.90 bits per heavy atom. The molecule has 1 amide bonds. The highest BCUT2D eigenvalue weighted by atomic mass is 16.6.